The Labute approximate surface area is 184 Å². The minimum Gasteiger partial charge on any atom is -0.465 e. The van der Waals surface area contributed by atoms with Gasteiger partial charge in [-0.15, -0.1) is 0 Å². The Morgan fingerprint density at radius 1 is 1.13 bits per heavy atom. The number of ether oxygens (including phenoxy) is 1. The van der Waals surface area contributed by atoms with Gasteiger partial charge in [0.1, 0.15) is 0 Å². The highest BCUT2D eigenvalue weighted by molar-refractivity contribution is 7.98. The Hall–Kier alpha value is -3.39. The Bertz CT molecular complexity index is 1130. The molecule has 2 aromatic carbocycles. The molecule has 7 nitrogen and oxygen atoms in total. The predicted octanol–water partition coefficient (Wildman–Crippen LogP) is 3.73. The van der Waals surface area contributed by atoms with Gasteiger partial charge in [-0.05, 0) is 37.1 Å². The maximum Gasteiger partial charge on any atom is 0.337 e. The standard InChI is InChI=1S/C23H23N3O4S/c1-15-19(21(28)26-23(24-15)31-14-16-7-4-3-5-8-16)11-12-20(27)25-18-10-6-9-17(13-18)22(29)30-2/h3-10,13H,11-12,14H2,1-2H3,(H,25,27)(H,24,26,28). The number of carbonyl (C=O) groups excluding carboxylic acids is 2. The minimum atomic E-state index is -0.477. The van der Waals surface area contributed by atoms with Gasteiger partial charge in [0.05, 0.1) is 12.7 Å². The molecule has 2 N–H and O–H groups in total. The van der Waals surface area contributed by atoms with Crippen molar-refractivity contribution in [1.82, 2.24) is 9.97 Å². The first-order chi connectivity index (χ1) is 15.0. The topological polar surface area (TPSA) is 101 Å². The lowest BCUT2D eigenvalue weighted by Gasteiger charge is -2.09. The van der Waals surface area contributed by atoms with E-state index in [4.69, 9.17) is 0 Å². The van der Waals surface area contributed by atoms with Crippen LogP contribution in [0.1, 0.15) is 33.6 Å². The second-order valence-electron chi connectivity index (χ2n) is 6.83. The molecular formula is C23H23N3O4S. The number of amides is 1. The van der Waals surface area contributed by atoms with E-state index in [0.29, 0.717) is 33.4 Å². The number of hydrogen-bond acceptors (Lipinski definition) is 6. The Morgan fingerprint density at radius 3 is 2.61 bits per heavy atom. The van der Waals surface area contributed by atoms with Crippen LogP contribution in [0.15, 0.2) is 64.5 Å². The summed E-state index contributed by atoms with van der Waals surface area (Å²) in [6.07, 6.45) is 0.380. The maximum atomic E-state index is 12.5. The van der Waals surface area contributed by atoms with E-state index in [1.165, 1.54) is 18.9 Å². The number of anilines is 1. The number of methoxy groups -OCH3 is 1. The first kappa shape index (κ1) is 22.3. The number of aromatic nitrogens is 2. The molecule has 0 fully saturated rings. The van der Waals surface area contributed by atoms with Crippen molar-refractivity contribution in [2.75, 3.05) is 12.4 Å². The van der Waals surface area contributed by atoms with Crippen LogP contribution in [0.4, 0.5) is 5.69 Å². The van der Waals surface area contributed by atoms with Gasteiger partial charge < -0.3 is 15.0 Å². The molecule has 0 saturated carbocycles. The number of nitrogens with one attached hydrogen (secondary N) is 2. The number of esters is 1. The number of H-pyrrole nitrogens is 1. The predicted molar refractivity (Wildman–Crippen MR) is 120 cm³/mol. The van der Waals surface area contributed by atoms with Gasteiger partial charge in [-0.3, -0.25) is 9.59 Å². The smallest absolute Gasteiger partial charge is 0.337 e. The number of nitrogens with zero attached hydrogens (tertiary/aromatic N) is 1. The van der Waals surface area contributed by atoms with Crippen LogP contribution in [0.5, 0.6) is 0 Å². The van der Waals surface area contributed by atoms with Gasteiger partial charge in [-0.25, -0.2) is 9.78 Å². The third-order valence-corrected chi connectivity index (χ3v) is 5.53. The molecule has 0 bridgehead atoms. The van der Waals surface area contributed by atoms with Crippen molar-refractivity contribution in [3.05, 3.63) is 87.3 Å². The molecule has 0 unspecified atom stereocenters. The zero-order valence-corrected chi connectivity index (χ0v) is 18.1. The largest absolute Gasteiger partial charge is 0.465 e. The van der Waals surface area contributed by atoms with Crippen molar-refractivity contribution < 1.29 is 14.3 Å². The Kier molecular flexibility index (Phi) is 7.61. The lowest BCUT2D eigenvalue weighted by Crippen LogP contribution is -2.20. The number of hydrogen-bond donors (Lipinski definition) is 2. The zero-order valence-electron chi connectivity index (χ0n) is 17.3. The second-order valence-corrected chi connectivity index (χ2v) is 7.79. The first-order valence-electron chi connectivity index (χ1n) is 9.71. The molecule has 3 rings (SSSR count). The molecule has 1 amide bonds. The van der Waals surface area contributed by atoms with Crippen LogP contribution in [-0.4, -0.2) is 29.0 Å². The zero-order chi connectivity index (χ0) is 22.2. The number of rotatable bonds is 8. The average molecular weight is 438 g/mol. The Morgan fingerprint density at radius 2 is 1.90 bits per heavy atom. The summed E-state index contributed by atoms with van der Waals surface area (Å²) in [5, 5.41) is 3.29. The molecule has 31 heavy (non-hydrogen) atoms. The molecule has 1 aromatic heterocycles. The third kappa shape index (κ3) is 6.29. The molecule has 0 aliphatic carbocycles. The van der Waals surface area contributed by atoms with E-state index in [1.807, 2.05) is 30.3 Å². The molecule has 160 valence electrons. The highest BCUT2D eigenvalue weighted by Crippen LogP contribution is 2.19. The summed E-state index contributed by atoms with van der Waals surface area (Å²) in [6.45, 7) is 1.77. The molecule has 0 aliphatic rings. The van der Waals surface area contributed by atoms with Crippen molar-refractivity contribution in [3.8, 4) is 0 Å². The lowest BCUT2D eigenvalue weighted by atomic mass is 10.1. The molecule has 0 aliphatic heterocycles. The number of aromatic amines is 1. The summed E-state index contributed by atoms with van der Waals surface area (Å²) >= 11 is 1.46. The van der Waals surface area contributed by atoms with E-state index < -0.39 is 5.97 Å². The van der Waals surface area contributed by atoms with Crippen LogP contribution >= 0.6 is 11.8 Å². The van der Waals surface area contributed by atoms with E-state index in [1.54, 1.807) is 31.2 Å². The summed E-state index contributed by atoms with van der Waals surface area (Å²) < 4.78 is 4.68. The Balaban J connectivity index is 1.59. The summed E-state index contributed by atoms with van der Waals surface area (Å²) in [7, 11) is 1.30. The van der Waals surface area contributed by atoms with Gasteiger partial charge in [-0.2, -0.15) is 0 Å². The van der Waals surface area contributed by atoms with Gasteiger partial charge >= 0.3 is 5.97 Å². The monoisotopic (exact) mass is 437 g/mol. The van der Waals surface area contributed by atoms with Crippen LogP contribution in [-0.2, 0) is 21.7 Å². The fourth-order valence-electron chi connectivity index (χ4n) is 2.98. The SMILES string of the molecule is COC(=O)c1cccc(NC(=O)CCc2c(C)nc(SCc3ccccc3)[nH]c2=O)c1. The minimum absolute atomic E-state index is 0.116. The summed E-state index contributed by atoms with van der Waals surface area (Å²) in [5.74, 6) is -0.0341. The van der Waals surface area contributed by atoms with Crippen molar-refractivity contribution in [2.24, 2.45) is 0 Å². The molecular weight excluding hydrogens is 414 g/mol. The van der Waals surface area contributed by atoms with Crippen molar-refractivity contribution in [2.45, 2.75) is 30.7 Å². The third-order valence-electron chi connectivity index (χ3n) is 4.59. The lowest BCUT2D eigenvalue weighted by molar-refractivity contribution is -0.116. The summed E-state index contributed by atoms with van der Waals surface area (Å²) in [4.78, 5) is 43.7. The van der Waals surface area contributed by atoms with Gasteiger partial charge in [-0.1, -0.05) is 48.2 Å². The molecule has 0 radical (unpaired) electrons. The fourth-order valence-corrected chi connectivity index (χ4v) is 3.84. The molecule has 8 heteroatoms. The van der Waals surface area contributed by atoms with Gasteiger partial charge in [0.15, 0.2) is 5.16 Å². The van der Waals surface area contributed by atoms with E-state index in [9.17, 15) is 14.4 Å². The van der Waals surface area contributed by atoms with Crippen LogP contribution in [0.25, 0.3) is 0 Å². The molecule has 0 spiro atoms. The summed E-state index contributed by atoms with van der Waals surface area (Å²) in [5.41, 5.74) is 2.85. The number of benzene rings is 2. The normalized spacial score (nSPS) is 10.5. The molecule has 0 saturated heterocycles. The number of carbonyl (C=O) groups is 2. The van der Waals surface area contributed by atoms with Crippen molar-refractivity contribution in [3.63, 3.8) is 0 Å². The van der Waals surface area contributed by atoms with Crippen LogP contribution in [0.2, 0.25) is 0 Å². The molecule has 1 heterocycles. The van der Waals surface area contributed by atoms with Gasteiger partial charge in [0.25, 0.3) is 5.56 Å². The maximum absolute atomic E-state index is 12.5. The van der Waals surface area contributed by atoms with Crippen LogP contribution < -0.4 is 10.9 Å². The quantitative estimate of drug-likeness (QED) is 0.316. The molecule has 0 atom stereocenters. The highest BCUT2D eigenvalue weighted by atomic mass is 32.2. The number of thioether (sulfide) groups is 1. The van der Waals surface area contributed by atoms with Crippen molar-refractivity contribution in [1.29, 1.82) is 0 Å². The average Bonchev–Trinajstić information content (AvgIpc) is 2.77. The van der Waals surface area contributed by atoms with E-state index in [-0.39, 0.29) is 24.3 Å². The van der Waals surface area contributed by atoms with E-state index >= 15 is 0 Å². The first-order valence-corrected chi connectivity index (χ1v) is 10.7. The van der Waals surface area contributed by atoms with Gasteiger partial charge in [0.2, 0.25) is 5.91 Å². The van der Waals surface area contributed by atoms with E-state index in [0.717, 1.165) is 5.56 Å². The summed E-state index contributed by atoms with van der Waals surface area (Å²) in [6, 6.07) is 16.4. The van der Waals surface area contributed by atoms with Gasteiger partial charge in [0, 0.05) is 29.1 Å². The number of aryl methyl sites for hydroxylation is 1. The van der Waals surface area contributed by atoms with Crippen LogP contribution in [0, 0.1) is 6.92 Å². The van der Waals surface area contributed by atoms with Crippen molar-refractivity contribution >= 4 is 29.3 Å². The van der Waals surface area contributed by atoms with Crippen LogP contribution in [0.3, 0.4) is 0 Å². The van der Waals surface area contributed by atoms with E-state index in [2.05, 4.69) is 20.0 Å². The molecule has 3 aromatic rings. The fraction of sp³-hybridized carbons (Fsp3) is 0.217. The second kappa shape index (κ2) is 10.6. The highest BCUT2D eigenvalue weighted by Gasteiger charge is 2.12.